The summed E-state index contributed by atoms with van der Waals surface area (Å²) in [4.78, 5) is 2.09. The first-order chi connectivity index (χ1) is 18.1. The molecular weight excluding hydrogens is 482 g/mol. The summed E-state index contributed by atoms with van der Waals surface area (Å²) in [6, 6.07) is 30.7. The molecule has 194 valence electrons. The molecule has 3 aromatic carbocycles. The predicted octanol–water partition coefficient (Wildman–Crippen LogP) is 5.66. The van der Waals surface area contributed by atoms with E-state index in [4.69, 9.17) is 18.9 Å². The van der Waals surface area contributed by atoms with Gasteiger partial charge in [0.15, 0.2) is 5.56 Å². The second kappa shape index (κ2) is 12.4. The van der Waals surface area contributed by atoms with Crippen LogP contribution in [0.5, 0.6) is 0 Å². The van der Waals surface area contributed by atoms with E-state index < -0.39 is 0 Å². The van der Waals surface area contributed by atoms with Crippen molar-refractivity contribution in [3.8, 4) is 0 Å². The van der Waals surface area contributed by atoms with Crippen molar-refractivity contribution >= 4 is 11.8 Å². The van der Waals surface area contributed by atoms with Crippen LogP contribution in [0.15, 0.2) is 103 Å². The normalized spacial score (nSPS) is 27.4. The molecule has 1 heterocycles. The van der Waals surface area contributed by atoms with Crippen molar-refractivity contribution in [2.24, 2.45) is 0 Å². The first-order valence-corrected chi connectivity index (χ1v) is 13.7. The summed E-state index contributed by atoms with van der Waals surface area (Å²) in [6.07, 6.45) is -1.21. The first-order valence-electron chi connectivity index (χ1n) is 12.7. The number of rotatable bonds is 10. The van der Waals surface area contributed by atoms with Crippen molar-refractivity contribution in [1.29, 1.82) is 0 Å². The van der Waals surface area contributed by atoms with Gasteiger partial charge in [-0.15, -0.1) is 11.8 Å². The summed E-state index contributed by atoms with van der Waals surface area (Å²) in [5.74, 6) is 0. The molecule has 0 aromatic heterocycles. The molecule has 1 saturated carbocycles. The molecule has 5 nitrogen and oxygen atoms in total. The van der Waals surface area contributed by atoms with Crippen LogP contribution in [-0.2, 0) is 38.8 Å². The van der Waals surface area contributed by atoms with Crippen LogP contribution in [-0.4, -0.2) is 54.2 Å². The molecule has 6 atom stereocenters. The van der Waals surface area contributed by atoms with E-state index in [0.717, 1.165) is 22.3 Å². The Morgan fingerprint density at radius 1 is 0.703 bits per heavy atom. The minimum Gasteiger partial charge on any atom is -0.368 e. The van der Waals surface area contributed by atoms with E-state index in [9.17, 15) is 0 Å². The average molecular weight is 518 g/mol. The monoisotopic (exact) mass is 517 g/mol. The van der Waals surface area contributed by atoms with Gasteiger partial charge < -0.3 is 18.9 Å². The van der Waals surface area contributed by atoms with E-state index in [2.05, 4.69) is 47.9 Å². The van der Waals surface area contributed by atoms with Gasteiger partial charge in [-0.3, -0.25) is 4.90 Å². The summed E-state index contributed by atoms with van der Waals surface area (Å²) in [5.41, 5.74) is 4.24. The Labute approximate surface area is 224 Å². The quantitative estimate of drug-likeness (QED) is 0.323. The summed E-state index contributed by atoms with van der Waals surface area (Å²) in [6.45, 7) is 5.92. The van der Waals surface area contributed by atoms with Gasteiger partial charge in [0.1, 0.15) is 24.4 Å². The van der Waals surface area contributed by atoms with Gasteiger partial charge in [-0.05, 0) is 36.4 Å². The van der Waals surface area contributed by atoms with Crippen molar-refractivity contribution in [3.63, 3.8) is 0 Å². The molecule has 0 radical (unpaired) electrons. The minimum atomic E-state index is -0.372. The Morgan fingerprint density at radius 3 is 1.65 bits per heavy atom. The van der Waals surface area contributed by atoms with Crippen LogP contribution in [0.1, 0.15) is 16.7 Å². The number of hydrogen-bond acceptors (Lipinski definition) is 6. The van der Waals surface area contributed by atoms with Crippen molar-refractivity contribution in [1.82, 2.24) is 4.90 Å². The lowest BCUT2D eigenvalue weighted by molar-refractivity contribution is -0.197. The number of hydrogen-bond donors (Lipinski definition) is 0. The maximum Gasteiger partial charge on any atom is 0.159 e. The molecule has 0 bridgehead atoms. The second-order valence-corrected chi connectivity index (χ2v) is 10.9. The van der Waals surface area contributed by atoms with Crippen LogP contribution in [0.25, 0.3) is 0 Å². The van der Waals surface area contributed by atoms with Crippen LogP contribution in [0.4, 0.5) is 0 Å². The molecule has 2 aliphatic rings. The number of nitrogens with zero attached hydrogens (tertiary/aromatic N) is 1. The molecule has 3 aromatic rings. The van der Waals surface area contributed by atoms with E-state index in [-0.39, 0.29) is 35.2 Å². The highest BCUT2D eigenvalue weighted by Gasteiger charge is 2.55. The Balaban J connectivity index is 1.43. The van der Waals surface area contributed by atoms with Crippen molar-refractivity contribution in [2.45, 2.75) is 55.0 Å². The number of thioether (sulfide) groups is 1. The topological polar surface area (TPSA) is 40.2 Å². The lowest BCUT2D eigenvalue weighted by atomic mass is 9.84. The Kier molecular flexibility index (Phi) is 8.77. The number of fused-ring (bicyclic) bond motifs is 1. The molecule has 0 unspecified atom stereocenters. The third kappa shape index (κ3) is 6.34. The van der Waals surface area contributed by atoms with Crippen LogP contribution in [0, 0.1) is 0 Å². The van der Waals surface area contributed by atoms with Crippen molar-refractivity contribution in [2.75, 3.05) is 14.1 Å². The third-order valence-corrected chi connectivity index (χ3v) is 8.41. The summed E-state index contributed by atoms with van der Waals surface area (Å²) < 4.78 is 26.4. The highest BCUT2D eigenvalue weighted by molar-refractivity contribution is 8.00. The van der Waals surface area contributed by atoms with Crippen molar-refractivity contribution < 1.29 is 18.9 Å². The third-order valence-electron chi connectivity index (χ3n) is 6.78. The second-order valence-electron chi connectivity index (χ2n) is 9.74. The SMILES string of the molecule is C=C1[C@@H](OCc2ccccc2)[C@H](OCc2ccccc2)[C@@H](OCc2ccccc2)[C@@H]2O[C@@H](N(C)C)S[C@@H]12. The molecule has 1 aliphatic carbocycles. The molecule has 37 heavy (non-hydrogen) atoms. The first kappa shape index (κ1) is 26.2. The summed E-state index contributed by atoms with van der Waals surface area (Å²) in [5, 5.41) is 0.0468. The molecule has 1 saturated heterocycles. The highest BCUT2D eigenvalue weighted by Crippen LogP contribution is 2.47. The molecule has 1 aliphatic heterocycles. The average Bonchev–Trinajstić information content (AvgIpc) is 3.39. The smallest absolute Gasteiger partial charge is 0.159 e. The van der Waals surface area contributed by atoms with Gasteiger partial charge in [0.05, 0.1) is 25.1 Å². The van der Waals surface area contributed by atoms with Gasteiger partial charge in [-0.1, -0.05) is 97.6 Å². The fraction of sp³-hybridized carbons (Fsp3) is 0.355. The van der Waals surface area contributed by atoms with E-state index >= 15 is 0 Å². The van der Waals surface area contributed by atoms with E-state index in [1.54, 1.807) is 11.8 Å². The van der Waals surface area contributed by atoms with Gasteiger partial charge in [0, 0.05) is 0 Å². The fourth-order valence-corrected chi connectivity index (χ4v) is 6.20. The van der Waals surface area contributed by atoms with Gasteiger partial charge in [-0.2, -0.15) is 0 Å². The Bertz CT molecular complexity index is 1130. The van der Waals surface area contributed by atoms with Crippen molar-refractivity contribution in [3.05, 3.63) is 120 Å². The molecular formula is C31H35NO4S. The summed E-state index contributed by atoms with van der Waals surface area (Å²) in [7, 11) is 4.06. The molecule has 2 fully saturated rings. The lowest BCUT2D eigenvalue weighted by Crippen LogP contribution is -2.58. The van der Waals surface area contributed by atoms with Gasteiger partial charge >= 0.3 is 0 Å². The zero-order valence-corrected chi connectivity index (χ0v) is 22.3. The number of benzene rings is 3. The Hall–Kier alpha value is -2.45. The van der Waals surface area contributed by atoms with Crippen LogP contribution < -0.4 is 0 Å². The molecule has 0 spiro atoms. The Morgan fingerprint density at radius 2 is 1.16 bits per heavy atom. The fourth-order valence-electron chi connectivity index (χ4n) is 4.83. The zero-order chi connectivity index (χ0) is 25.6. The van der Waals surface area contributed by atoms with Crippen LogP contribution >= 0.6 is 11.8 Å². The predicted molar refractivity (Wildman–Crippen MR) is 148 cm³/mol. The molecule has 0 N–H and O–H groups in total. The maximum absolute atomic E-state index is 6.64. The highest BCUT2D eigenvalue weighted by atomic mass is 32.2. The van der Waals surface area contributed by atoms with E-state index in [0.29, 0.717) is 19.8 Å². The lowest BCUT2D eigenvalue weighted by Gasteiger charge is -2.44. The number of ether oxygens (including phenoxy) is 4. The minimum absolute atomic E-state index is 0.0468. The zero-order valence-electron chi connectivity index (χ0n) is 21.4. The summed E-state index contributed by atoms with van der Waals surface area (Å²) >= 11 is 1.77. The van der Waals surface area contributed by atoms with E-state index in [1.165, 1.54) is 0 Å². The van der Waals surface area contributed by atoms with Gasteiger partial charge in [0.2, 0.25) is 0 Å². The molecule has 6 heteroatoms. The van der Waals surface area contributed by atoms with Crippen LogP contribution in [0.2, 0.25) is 0 Å². The van der Waals surface area contributed by atoms with Crippen LogP contribution in [0.3, 0.4) is 0 Å². The largest absolute Gasteiger partial charge is 0.368 e. The molecule has 0 amide bonds. The van der Waals surface area contributed by atoms with Gasteiger partial charge in [0.25, 0.3) is 0 Å². The van der Waals surface area contributed by atoms with Gasteiger partial charge in [-0.25, -0.2) is 0 Å². The van der Waals surface area contributed by atoms with E-state index in [1.807, 2.05) is 68.7 Å². The molecule has 5 rings (SSSR count). The maximum atomic E-state index is 6.64. The standard InChI is InChI=1S/C31H35NO4S/c1-22-26(33-19-23-13-7-4-8-14-23)27(34-20-24-15-9-5-10-16-24)28(35-21-25-17-11-6-12-18-25)29-30(22)37-31(36-29)32(2)3/h4-18,26-31H,1,19-21H2,2-3H3/t26-,27+,28-,29+,30+,31-/m1/s1.